The number of nitro groups is 2. The SMILES string of the molecule is O=C(NCCOP(=O)(O)O)c1cc([N+](=O)[O-])cc([N+](=O)[O-])c1N(CCCl)CCCl. The molecule has 1 aromatic carbocycles. The van der Waals surface area contributed by atoms with Crippen molar-refractivity contribution >= 4 is 54.0 Å². The summed E-state index contributed by atoms with van der Waals surface area (Å²) >= 11 is 11.4. The third kappa shape index (κ3) is 7.72. The maximum atomic E-state index is 12.6. The molecular formula is C13H17Cl2N4O9P. The maximum absolute atomic E-state index is 12.6. The van der Waals surface area contributed by atoms with E-state index in [0.29, 0.717) is 0 Å². The molecule has 0 atom stereocenters. The fraction of sp³-hybridized carbons (Fsp3) is 0.462. The van der Waals surface area contributed by atoms with Crippen LogP contribution in [0.15, 0.2) is 12.1 Å². The van der Waals surface area contributed by atoms with Crippen molar-refractivity contribution in [3.05, 3.63) is 37.9 Å². The van der Waals surface area contributed by atoms with Crippen LogP contribution in [0, 0.1) is 20.2 Å². The van der Waals surface area contributed by atoms with Crippen molar-refractivity contribution in [2.75, 3.05) is 42.9 Å². The molecule has 0 aliphatic heterocycles. The van der Waals surface area contributed by atoms with Gasteiger partial charge in [-0.25, -0.2) is 4.57 Å². The third-order valence-electron chi connectivity index (χ3n) is 3.40. The van der Waals surface area contributed by atoms with Gasteiger partial charge in [0.15, 0.2) is 0 Å². The Morgan fingerprint density at radius 2 is 1.76 bits per heavy atom. The van der Waals surface area contributed by atoms with Gasteiger partial charge in [0.1, 0.15) is 5.69 Å². The van der Waals surface area contributed by atoms with Crippen LogP contribution in [0.1, 0.15) is 10.4 Å². The molecule has 0 bridgehead atoms. The zero-order valence-corrected chi connectivity index (χ0v) is 17.1. The summed E-state index contributed by atoms with van der Waals surface area (Å²) in [6, 6.07) is 1.58. The van der Waals surface area contributed by atoms with Crippen LogP contribution in [0.2, 0.25) is 0 Å². The fourth-order valence-corrected chi connectivity index (χ4v) is 3.06. The van der Waals surface area contributed by atoms with Crippen LogP contribution in [0.3, 0.4) is 0 Å². The van der Waals surface area contributed by atoms with Crippen LogP contribution in [-0.4, -0.2) is 63.5 Å². The van der Waals surface area contributed by atoms with Gasteiger partial charge in [-0.3, -0.25) is 29.5 Å². The van der Waals surface area contributed by atoms with E-state index in [4.69, 9.17) is 33.0 Å². The number of phosphoric ester groups is 1. The van der Waals surface area contributed by atoms with Gasteiger partial charge in [0, 0.05) is 37.5 Å². The Hall–Kier alpha value is -2.02. The van der Waals surface area contributed by atoms with E-state index in [1.807, 2.05) is 0 Å². The minimum absolute atomic E-state index is 0.0300. The first-order chi connectivity index (χ1) is 13.5. The van der Waals surface area contributed by atoms with Crippen LogP contribution in [0.5, 0.6) is 0 Å². The number of alkyl halides is 2. The molecule has 0 radical (unpaired) electrons. The highest BCUT2D eigenvalue weighted by molar-refractivity contribution is 7.46. The average Bonchev–Trinajstić information content (AvgIpc) is 2.62. The molecule has 16 heteroatoms. The van der Waals surface area contributed by atoms with Crippen LogP contribution >= 0.6 is 31.0 Å². The first-order valence-electron chi connectivity index (χ1n) is 7.83. The van der Waals surface area contributed by atoms with E-state index in [-0.39, 0.29) is 37.1 Å². The van der Waals surface area contributed by atoms with E-state index in [0.717, 1.165) is 12.1 Å². The van der Waals surface area contributed by atoms with Gasteiger partial charge in [-0.15, -0.1) is 23.2 Å². The summed E-state index contributed by atoms with van der Waals surface area (Å²) < 4.78 is 14.8. The summed E-state index contributed by atoms with van der Waals surface area (Å²) in [5.74, 6) is -0.889. The number of halogens is 2. The van der Waals surface area contributed by atoms with Crippen LogP contribution in [0.25, 0.3) is 0 Å². The number of hydrogen-bond donors (Lipinski definition) is 3. The van der Waals surface area contributed by atoms with Gasteiger partial charge >= 0.3 is 7.82 Å². The van der Waals surface area contributed by atoms with E-state index in [1.54, 1.807) is 0 Å². The van der Waals surface area contributed by atoms with E-state index in [1.165, 1.54) is 4.90 Å². The molecule has 0 aromatic heterocycles. The summed E-state index contributed by atoms with van der Waals surface area (Å²) in [4.78, 5) is 52.0. The van der Waals surface area contributed by atoms with Gasteiger partial charge < -0.3 is 20.0 Å². The second-order valence-corrected chi connectivity index (χ2v) is 7.32. The number of nitrogens with zero attached hydrogens (tertiary/aromatic N) is 3. The number of benzene rings is 1. The van der Waals surface area contributed by atoms with Crippen LogP contribution in [-0.2, 0) is 9.09 Å². The predicted octanol–water partition coefficient (Wildman–Crippen LogP) is 1.63. The molecule has 0 fully saturated rings. The number of nitro benzene ring substituents is 2. The average molecular weight is 475 g/mol. The minimum atomic E-state index is -4.75. The predicted molar refractivity (Wildman–Crippen MR) is 104 cm³/mol. The zero-order valence-electron chi connectivity index (χ0n) is 14.7. The summed E-state index contributed by atoms with van der Waals surface area (Å²) in [7, 11) is -4.75. The van der Waals surface area contributed by atoms with Crippen LogP contribution in [0.4, 0.5) is 17.1 Å². The van der Waals surface area contributed by atoms with Gasteiger partial charge in [0.25, 0.3) is 17.3 Å². The number of phosphoric acid groups is 1. The standard InChI is InChI=1S/C13H17Cl2N4O9P/c14-1-4-17(5-2-15)12-10(13(20)16-3-6-28-29(25,26)27)7-9(18(21)22)8-11(12)19(23)24/h7-8H,1-6H2,(H,16,20)(H2,25,26,27). The summed E-state index contributed by atoms with van der Waals surface area (Å²) in [5, 5.41) is 24.9. The maximum Gasteiger partial charge on any atom is 0.469 e. The normalized spacial score (nSPS) is 11.2. The van der Waals surface area contributed by atoms with Gasteiger partial charge in [0.2, 0.25) is 0 Å². The number of hydrogen-bond acceptors (Lipinski definition) is 8. The molecule has 1 aromatic rings. The summed E-state index contributed by atoms with van der Waals surface area (Å²) in [6.07, 6.45) is 0. The van der Waals surface area contributed by atoms with Crippen molar-refractivity contribution in [3.63, 3.8) is 0 Å². The number of carbonyl (C=O) groups excluding carboxylic acids is 1. The molecule has 0 unspecified atom stereocenters. The number of rotatable bonds is 12. The lowest BCUT2D eigenvalue weighted by Crippen LogP contribution is -2.33. The van der Waals surface area contributed by atoms with Crippen molar-refractivity contribution in [1.29, 1.82) is 0 Å². The molecule has 0 aliphatic rings. The van der Waals surface area contributed by atoms with Crippen molar-refractivity contribution in [2.45, 2.75) is 0 Å². The largest absolute Gasteiger partial charge is 0.469 e. The monoisotopic (exact) mass is 474 g/mol. The van der Waals surface area contributed by atoms with E-state index < -0.39 is 47.1 Å². The molecule has 1 amide bonds. The lowest BCUT2D eigenvalue weighted by Gasteiger charge is -2.24. The number of carbonyl (C=O) groups is 1. The van der Waals surface area contributed by atoms with E-state index in [9.17, 15) is 29.6 Å². The molecule has 0 saturated heterocycles. The van der Waals surface area contributed by atoms with E-state index in [2.05, 4.69) is 9.84 Å². The Kier molecular flexibility index (Phi) is 9.70. The lowest BCUT2D eigenvalue weighted by atomic mass is 10.1. The molecule has 29 heavy (non-hydrogen) atoms. The number of amides is 1. The van der Waals surface area contributed by atoms with Crippen molar-refractivity contribution in [1.82, 2.24) is 5.32 Å². The molecule has 0 aliphatic carbocycles. The second kappa shape index (κ2) is 11.2. The number of anilines is 1. The molecule has 1 rings (SSSR count). The van der Waals surface area contributed by atoms with Crippen molar-refractivity contribution in [3.8, 4) is 0 Å². The second-order valence-electron chi connectivity index (χ2n) is 5.32. The molecule has 0 heterocycles. The summed E-state index contributed by atoms with van der Waals surface area (Å²) in [6.45, 7) is -0.802. The Bertz CT molecular complexity index is 814. The van der Waals surface area contributed by atoms with Gasteiger partial charge in [0.05, 0.1) is 28.1 Å². The van der Waals surface area contributed by atoms with Gasteiger partial charge in [-0.1, -0.05) is 0 Å². The Balaban J connectivity index is 3.39. The number of nitrogens with one attached hydrogen (secondary N) is 1. The lowest BCUT2D eigenvalue weighted by molar-refractivity contribution is -0.393. The zero-order chi connectivity index (χ0) is 22.2. The highest BCUT2D eigenvalue weighted by Gasteiger charge is 2.30. The topological polar surface area (TPSA) is 185 Å². The first-order valence-corrected chi connectivity index (χ1v) is 10.4. The molecule has 162 valence electrons. The summed E-state index contributed by atoms with van der Waals surface area (Å²) in [5.41, 5.74) is -1.98. The van der Waals surface area contributed by atoms with Gasteiger partial charge in [-0.05, 0) is 0 Å². The Morgan fingerprint density at radius 3 is 2.21 bits per heavy atom. The Labute approximate surface area is 174 Å². The number of non-ortho nitro benzene ring substituents is 1. The molecular weight excluding hydrogens is 458 g/mol. The highest BCUT2D eigenvalue weighted by atomic mass is 35.5. The van der Waals surface area contributed by atoms with Crippen LogP contribution < -0.4 is 10.2 Å². The van der Waals surface area contributed by atoms with Crippen molar-refractivity contribution in [2.24, 2.45) is 0 Å². The smallest absolute Gasteiger partial charge is 0.363 e. The quantitative estimate of drug-likeness (QED) is 0.132. The first kappa shape index (κ1) is 25.0. The fourth-order valence-electron chi connectivity index (χ4n) is 2.32. The highest BCUT2D eigenvalue weighted by Crippen LogP contribution is 2.37. The molecule has 0 spiro atoms. The third-order valence-corrected chi connectivity index (χ3v) is 4.26. The van der Waals surface area contributed by atoms with Crippen molar-refractivity contribution < 1.29 is 33.5 Å². The van der Waals surface area contributed by atoms with E-state index >= 15 is 0 Å². The Morgan fingerprint density at radius 1 is 1.17 bits per heavy atom. The van der Waals surface area contributed by atoms with Gasteiger partial charge in [-0.2, -0.15) is 0 Å². The minimum Gasteiger partial charge on any atom is -0.363 e. The molecule has 3 N–H and O–H groups in total. The molecule has 0 saturated carbocycles. The molecule has 13 nitrogen and oxygen atoms in total.